The van der Waals surface area contributed by atoms with Crippen molar-refractivity contribution in [2.75, 3.05) is 0 Å². The number of rotatable bonds is 2. The number of ketones is 1. The molecule has 0 aliphatic carbocycles. The Bertz CT molecular complexity index is 569. The van der Waals surface area contributed by atoms with Gasteiger partial charge in [-0.1, -0.05) is 0 Å². The van der Waals surface area contributed by atoms with Crippen LogP contribution in [0.15, 0.2) is 24.3 Å². The summed E-state index contributed by atoms with van der Waals surface area (Å²) in [4.78, 5) is 13.8. The van der Waals surface area contributed by atoms with Crippen LogP contribution in [0, 0.1) is 0 Å². The molecule has 17 heavy (non-hydrogen) atoms. The standard InChI is InChI=1S/C12H10F3NO/c1-7(17)4-10-6-8-5-9(12(13,14)15)2-3-11(8)16-10/h2-3,5-6,16H,4H2,1H3. The lowest BCUT2D eigenvalue weighted by molar-refractivity contribution is -0.137. The highest BCUT2D eigenvalue weighted by Gasteiger charge is 2.30. The molecule has 0 unspecified atom stereocenters. The van der Waals surface area contributed by atoms with Crippen LogP contribution in [0.5, 0.6) is 0 Å². The second kappa shape index (κ2) is 3.91. The zero-order chi connectivity index (χ0) is 12.6. The predicted molar refractivity (Wildman–Crippen MR) is 57.7 cm³/mol. The summed E-state index contributed by atoms with van der Waals surface area (Å²) in [6.45, 7) is 1.44. The molecule has 0 aliphatic rings. The van der Waals surface area contributed by atoms with Crippen LogP contribution >= 0.6 is 0 Å². The normalized spacial score (nSPS) is 12.0. The summed E-state index contributed by atoms with van der Waals surface area (Å²) < 4.78 is 37.4. The molecule has 0 saturated carbocycles. The van der Waals surface area contributed by atoms with Crippen LogP contribution in [0.25, 0.3) is 10.9 Å². The lowest BCUT2D eigenvalue weighted by Gasteiger charge is -2.05. The van der Waals surface area contributed by atoms with Gasteiger partial charge in [-0.15, -0.1) is 0 Å². The van der Waals surface area contributed by atoms with Gasteiger partial charge in [-0.3, -0.25) is 4.79 Å². The first kappa shape index (κ1) is 11.7. The Labute approximate surface area is 95.4 Å². The molecule has 1 aromatic heterocycles. The number of fused-ring (bicyclic) bond motifs is 1. The van der Waals surface area contributed by atoms with E-state index in [4.69, 9.17) is 0 Å². The molecule has 5 heteroatoms. The minimum Gasteiger partial charge on any atom is -0.358 e. The molecule has 1 N–H and O–H groups in total. The lowest BCUT2D eigenvalue weighted by Crippen LogP contribution is -2.03. The van der Waals surface area contributed by atoms with E-state index < -0.39 is 11.7 Å². The summed E-state index contributed by atoms with van der Waals surface area (Å²) in [7, 11) is 0. The molecular weight excluding hydrogens is 231 g/mol. The van der Waals surface area contributed by atoms with Crippen molar-refractivity contribution in [3.05, 3.63) is 35.5 Å². The van der Waals surface area contributed by atoms with Crippen molar-refractivity contribution < 1.29 is 18.0 Å². The zero-order valence-corrected chi connectivity index (χ0v) is 9.06. The van der Waals surface area contributed by atoms with Gasteiger partial charge in [0, 0.05) is 23.0 Å². The Morgan fingerprint density at radius 2 is 2.00 bits per heavy atom. The van der Waals surface area contributed by atoms with Crippen LogP contribution in [0.1, 0.15) is 18.2 Å². The van der Waals surface area contributed by atoms with Crippen molar-refractivity contribution in [3.63, 3.8) is 0 Å². The van der Waals surface area contributed by atoms with E-state index in [1.165, 1.54) is 13.0 Å². The molecule has 2 rings (SSSR count). The average molecular weight is 241 g/mol. The van der Waals surface area contributed by atoms with Gasteiger partial charge in [-0.2, -0.15) is 13.2 Å². The van der Waals surface area contributed by atoms with Crippen molar-refractivity contribution in [1.82, 2.24) is 4.98 Å². The number of hydrogen-bond acceptors (Lipinski definition) is 1. The van der Waals surface area contributed by atoms with E-state index in [9.17, 15) is 18.0 Å². The van der Waals surface area contributed by atoms with Gasteiger partial charge in [0.15, 0.2) is 0 Å². The van der Waals surface area contributed by atoms with E-state index in [1.807, 2.05) is 0 Å². The van der Waals surface area contributed by atoms with E-state index >= 15 is 0 Å². The third kappa shape index (κ3) is 2.49. The number of nitrogens with one attached hydrogen (secondary N) is 1. The Hall–Kier alpha value is -1.78. The summed E-state index contributed by atoms with van der Waals surface area (Å²) in [5.41, 5.74) is 0.555. The van der Waals surface area contributed by atoms with Gasteiger partial charge >= 0.3 is 6.18 Å². The number of Topliss-reactive ketones (excluding diaryl/α,β-unsaturated/α-hetero) is 1. The van der Waals surface area contributed by atoms with E-state index in [2.05, 4.69) is 4.98 Å². The number of halogens is 3. The molecule has 0 radical (unpaired) electrons. The number of alkyl halides is 3. The van der Waals surface area contributed by atoms with Crippen LogP contribution in [-0.2, 0) is 17.4 Å². The largest absolute Gasteiger partial charge is 0.416 e. The average Bonchev–Trinajstić information content (AvgIpc) is 2.55. The zero-order valence-electron chi connectivity index (χ0n) is 9.06. The summed E-state index contributed by atoms with van der Waals surface area (Å²) in [5.74, 6) is -0.0346. The van der Waals surface area contributed by atoms with Crippen LogP contribution < -0.4 is 0 Å². The fraction of sp³-hybridized carbons (Fsp3) is 0.250. The van der Waals surface area contributed by atoms with E-state index in [0.717, 1.165) is 12.1 Å². The maximum atomic E-state index is 12.5. The second-order valence-electron chi connectivity index (χ2n) is 3.97. The van der Waals surface area contributed by atoms with Gasteiger partial charge in [0.25, 0.3) is 0 Å². The van der Waals surface area contributed by atoms with Crippen LogP contribution in [0.4, 0.5) is 13.2 Å². The maximum Gasteiger partial charge on any atom is 0.416 e. The van der Waals surface area contributed by atoms with Gasteiger partial charge in [0.2, 0.25) is 0 Å². The molecule has 0 amide bonds. The van der Waals surface area contributed by atoms with Crippen molar-refractivity contribution in [1.29, 1.82) is 0 Å². The van der Waals surface area contributed by atoms with Gasteiger partial charge in [-0.25, -0.2) is 0 Å². The van der Waals surface area contributed by atoms with Crippen LogP contribution in [-0.4, -0.2) is 10.8 Å². The Balaban J connectivity index is 2.44. The predicted octanol–water partition coefficient (Wildman–Crippen LogP) is 3.32. The molecule has 0 spiro atoms. The lowest BCUT2D eigenvalue weighted by atomic mass is 10.1. The fourth-order valence-corrected chi connectivity index (χ4v) is 1.73. The van der Waals surface area contributed by atoms with Crippen molar-refractivity contribution in [3.8, 4) is 0 Å². The fourth-order valence-electron chi connectivity index (χ4n) is 1.73. The number of aromatic amines is 1. The summed E-state index contributed by atoms with van der Waals surface area (Å²) in [5, 5.41) is 0.469. The number of H-pyrrole nitrogens is 1. The Morgan fingerprint density at radius 1 is 1.29 bits per heavy atom. The van der Waals surface area contributed by atoms with Crippen LogP contribution in [0.2, 0.25) is 0 Å². The molecule has 2 nitrogen and oxygen atoms in total. The molecular formula is C12H10F3NO. The van der Waals surface area contributed by atoms with Crippen LogP contribution in [0.3, 0.4) is 0 Å². The monoisotopic (exact) mass is 241 g/mol. The molecule has 1 aromatic carbocycles. The third-order valence-electron chi connectivity index (χ3n) is 2.44. The number of carbonyl (C=O) groups is 1. The van der Waals surface area contributed by atoms with Gasteiger partial charge in [0.05, 0.1) is 5.56 Å². The number of carbonyl (C=O) groups excluding carboxylic acids is 1. The first-order valence-electron chi connectivity index (χ1n) is 5.04. The number of aromatic nitrogens is 1. The van der Waals surface area contributed by atoms with Crippen molar-refractivity contribution in [2.45, 2.75) is 19.5 Å². The number of benzene rings is 1. The highest BCUT2D eigenvalue weighted by Crippen LogP contribution is 2.31. The number of hydrogen-bond donors (Lipinski definition) is 1. The van der Waals surface area contributed by atoms with Gasteiger partial charge in [0.1, 0.15) is 5.78 Å². The summed E-state index contributed by atoms with van der Waals surface area (Å²) in [6, 6.07) is 5.06. The van der Waals surface area contributed by atoms with Gasteiger partial charge < -0.3 is 4.98 Å². The molecule has 0 saturated heterocycles. The van der Waals surface area contributed by atoms with E-state index in [-0.39, 0.29) is 12.2 Å². The smallest absolute Gasteiger partial charge is 0.358 e. The maximum absolute atomic E-state index is 12.5. The minimum atomic E-state index is -4.34. The molecule has 2 aromatic rings. The molecule has 0 aliphatic heterocycles. The SMILES string of the molecule is CC(=O)Cc1cc2cc(C(F)(F)F)ccc2[nH]1. The van der Waals surface area contributed by atoms with E-state index in [1.54, 1.807) is 6.07 Å². The first-order valence-corrected chi connectivity index (χ1v) is 5.04. The van der Waals surface area contributed by atoms with E-state index in [0.29, 0.717) is 16.6 Å². The highest BCUT2D eigenvalue weighted by molar-refractivity contribution is 5.84. The molecule has 90 valence electrons. The third-order valence-corrected chi connectivity index (χ3v) is 2.44. The molecule has 0 fully saturated rings. The molecule has 0 atom stereocenters. The van der Waals surface area contributed by atoms with Crippen molar-refractivity contribution >= 4 is 16.7 Å². The minimum absolute atomic E-state index is 0.0346. The summed E-state index contributed by atoms with van der Waals surface area (Å²) >= 11 is 0. The molecule has 1 heterocycles. The van der Waals surface area contributed by atoms with Gasteiger partial charge in [-0.05, 0) is 31.2 Å². The molecule has 0 bridgehead atoms. The Kier molecular flexibility index (Phi) is 2.69. The topological polar surface area (TPSA) is 32.9 Å². The Morgan fingerprint density at radius 3 is 2.59 bits per heavy atom. The first-order chi connectivity index (χ1) is 7.86. The van der Waals surface area contributed by atoms with Crippen molar-refractivity contribution in [2.24, 2.45) is 0 Å². The quantitative estimate of drug-likeness (QED) is 0.859. The highest BCUT2D eigenvalue weighted by atomic mass is 19.4. The second-order valence-corrected chi connectivity index (χ2v) is 3.97. The summed E-state index contributed by atoms with van der Waals surface area (Å²) in [6.07, 6.45) is -4.14.